The number of pyridine rings is 2. The third-order valence-electron chi connectivity index (χ3n) is 6.27. The van der Waals surface area contributed by atoms with Crippen molar-refractivity contribution in [1.82, 2.24) is 29.7 Å². The minimum absolute atomic E-state index is 0.168. The molecule has 1 aromatic carbocycles. The van der Waals surface area contributed by atoms with Gasteiger partial charge in [-0.1, -0.05) is 18.2 Å². The maximum Gasteiger partial charge on any atom is 0.235 e. The number of amides is 1. The van der Waals surface area contributed by atoms with Gasteiger partial charge < -0.3 is 10.6 Å². The molecule has 5 heterocycles. The van der Waals surface area contributed by atoms with Crippen molar-refractivity contribution >= 4 is 34.3 Å². The summed E-state index contributed by atoms with van der Waals surface area (Å²) in [7, 11) is 0. The number of carbonyl (C=O) groups excluding carboxylic acids is 1. The summed E-state index contributed by atoms with van der Waals surface area (Å²) in [6.45, 7) is 3.85. The lowest BCUT2D eigenvalue weighted by molar-refractivity contribution is -0.119. The van der Waals surface area contributed by atoms with E-state index in [2.05, 4.69) is 25.6 Å². The Labute approximate surface area is 205 Å². The van der Waals surface area contributed by atoms with E-state index in [-0.39, 0.29) is 18.3 Å². The number of anilines is 3. The molecule has 6 rings (SSSR count). The summed E-state index contributed by atoms with van der Waals surface area (Å²) in [6, 6.07) is 13.9. The molecule has 1 aliphatic heterocycles. The smallest absolute Gasteiger partial charge is 0.235 e. The van der Waals surface area contributed by atoms with Gasteiger partial charge in [0.1, 0.15) is 23.1 Å². The number of hydrogen-bond acceptors (Lipinski definition) is 7. The summed E-state index contributed by atoms with van der Waals surface area (Å²) < 4.78 is 16.0. The highest BCUT2D eigenvalue weighted by molar-refractivity contribution is 6.07. The second kappa shape index (κ2) is 8.19. The number of hydrogen-bond donors (Lipinski definition) is 2. The summed E-state index contributed by atoms with van der Waals surface area (Å²) >= 11 is 0. The Kier molecular flexibility index (Phi) is 4.96. The van der Waals surface area contributed by atoms with E-state index in [1.165, 1.54) is 6.07 Å². The molecule has 4 aromatic heterocycles. The molecule has 0 saturated carbocycles. The second-order valence-corrected chi connectivity index (χ2v) is 9.03. The first-order valence-electron chi connectivity index (χ1n) is 11.4. The van der Waals surface area contributed by atoms with Gasteiger partial charge in [-0.25, -0.2) is 24.0 Å². The zero-order valence-corrected chi connectivity index (χ0v) is 19.5. The van der Waals surface area contributed by atoms with Crippen molar-refractivity contribution in [3.63, 3.8) is 0 Å². The number of fused-ring (bicyclic) bond motifs is 2. The van der Waals surface area contributed by atoms with E-state index in [4.69, 9.17) is 10.1 Å². The van der Waals surface area contributed by atoms with Crippen LogP contribution in [-0.2, 0) is 16.8 Å². The van der Waals surface area contributed by atoms with Crippen LogP contribution in [0.4, 0.5) is 21.7 Å². The van der Waals surface area contributed by atoms with Gasteiger partial charge in [-0.15, -0.1) is 0 Å². The predicted octanol–water partition coefficient (Wildman–Crippen LogP) is 4.44. The molecule has 9 nitrogen and oxygen atoms in total. The maximum atomic E-state index is 14.4. The molecule has 2 N–H and O–H groups in total. The van der Waals surface area contributed by atoms with E-state index in [1.54, 1.807) is 47.5 Å². The Bertz CT molecular complexity index is 1630. The number of halogens is 1. The van der Waals surface area contributed by atoms with Gasteiger partial charge in [0.05, 0.1) is 22.9 Å². The lowest BCUT2D eigenvalue weighted by Gasteiger charge is -2.19. The van der Waals surface area contributed by atoms with Crippen LogP contribution in [0.3, 0.4) is 0 Å². The van der Waals surface area contributed by atoms with E-state index in [9.17, 15) is 9.18 Å². The van der Waals surface area contributed by atoms with E-state index < -0.39 is 5.41 Å². The molecule has 0 unspecified atom stereocenters. The van der Waals surface area contributed by atoms with Crippen molar-refractivity contribution in [3.05, 3.63) is 84.1 Å². The van der Waals surface area contributed by atoms with Gasteiger partial charge >= 0.3 is 0 Å². The number of aromatic nitrogens is 6. The minimum atomic E-state index is -0.836. The Morgan fingerprint density at radius 1 is 1.03 bits per heavy atom. The third-order valence-corrected chi connectivity index (χ3v) is 6.27. The average molecular weight is 481 g/mol. The SMILES string of the molecule is CC1(C)C(=O)Nc2nc(-c3nn(Cc4ccccc4F)c4ncccc34)nc(Nc3ccncc3)c21. The summed E-state index contributed by atoms with van der Waals surface area (Å²) in [5.74, 6) is 0.741. The first-order chi connectivity index (χ1) is 17.4. The third kappa shape index (κ3) is 3.54. The molecule has 5 aromatic rings. The number of benzene rings is 1. The molecule has 0 spiro atoms. The summed E-state index contributed by atoms with van der Waals surface area (Å²) in [5, 5.41) is 11.6. The topological polar surface area (TPSA) is 111 Å². The van der Waals surface area contributed by atoms with Crippen LogP contribution in [0.25, 0.3) is 22.6 Å². The van der Waals surface area contributed by atoms with Crippen LogP contribution in [0.1, 0.15) is 25.0 Å². The van der Waals surface area contributed by atoms with Gasteiger partial charge in [-0.05, 0) is 44.2 Å². The molecule has 0 atom stereocenters. The van der Waals surface area contributed by atoms with Crippen LogP contribution >= 0.6 is 0 Å². The van der Waals surface area contributed by atoms with Gasteiger partial charge in [0.15, 0.2) is 11.5 Å². The van der Waals surface area contributed by atoms with Crippen molar-refractivity contribution in [1.29, 1.82) is 0 Å². The molecule has 1 aliphatic rings. The van der Waals surface area contributed by atoms with Crippen LogP contribution in [0.5, 0.6) is 0 Å². The summed E-state index contributed by atoms with van der Waals surface area (Å²) in [6.07, 6.45) is 5.00. The molecule has 10 heteroatoms. The van der Waals surface area contributed by atoms with Crippen molar-refractivity contribution < 1.29 is 9.18 Å². The molecular weight excluding hydrogens is 459 g/mol. The molecule has 0 fully saturated rings. The molecule has 0 aliphatic carbocycles. The van der Waals surface area contributed by atoms with E-state index in [1.807, 2.05) is 32.0 Å². The van der Waals surface area contributed by atoms with Crippen molar-refractivity contribution in [2.24, 2.45) is 0 Å². The molecular formula is C26H21FN8O. The predicted molar refractivity (Wildman–Crippen MR) is 133 cm³/mol. The second-order valence-electron chi connectivity index (χ2n) is 9.03. The van der Waals surface area contributed by atoms with E-state index in [0.29, 0.717) is 45.3 Å². The molecule has 0 saturated heterocycles. The largest absolute Gasteiger partial charge is 0.340 e. The minimum Gasteiger partial charge on any atom is -0.340 e. The van der Waals surface area contributed by atoms with Gasteiger partial charge in [0, 0.05) is 29.8 Å². The maximum absolute atomic E-state index is 14.4. The van der Waals surface area contributed by atoms with E-state index in [0.717, 1.165) is 5.69 Å². The molecule has 0 bridgehead atoms. The summed E-state index contributed by atoms with van der Waals surface area (Å²) in [4.78, 5) is 30.8. The zero-order chi connectivity index (χ0) is 24.9. The molecule has 178 valence electrons. The monoisotopic (exact) mass is 480 g/mol. The number of nitrogens with one attached hydrogen (secondary N) is 2. The van der Waals surface area contributed by atoms with Crippen LogP contribution < -0.4 is 10.6 Å². The van der Waals surface area contributed by atoms with Gasteiger partial charge in [-0.3, -0.25) is 9.78 Å². The zero-order valence-electron chi connectivity index (χ0n) is 19.5. The molecule has 1 amide bonds. The fourth-order valence-electron chi connectivity index (χ4n) is 4.36. The quantitative estimate of drug-likeness (QED) is 0.383. The fourth-order valence-corrected chi connectivity index (χ4v) is 4.36. The fraction of sp³-hybridized carbons (Fsp3) is 0.154. The van der Waals surface area contributed by atoms with Gasteiger partial charge in [0.2, 0.25) is 5.91 Å². The Morgan fingerprint density at radius 3 is 2.64 bits per heavy atom. The van der Waals surface area contributed by atoms with Crippen LogP contribution in [0.15, 0.2) is 67.1 Å². The Hall–Kier alpha value is -4.73. The van der Waals surface area contributed by atoms with Crippen LogP contribution in [-0.4, -0.2) is 35.6 Å². The lowest BCUT2D eigenvalue weighted by Crippen LogP contribution is -2.27. The lowest BCUT2D eigenvalue weighted by atomic mass is 9.87. The van der Waals surface area contributed by atoms with E-state index >= 15 is 0 Å². The number of rotatable bonds is 5. The first-order valence-corrected chi connectivity index (χ1v) is 11.4. The molecule has 36 heavy (non-hydrogen) atoms. The highest BCUT2D eigenvalue weighted by atomic mass is 19.1. The molecule has 0 radical (unpaired) electrons. The summed E-state index contributed by atoms with van der Waals surface area (Å²) in [5.41, 5.74) is 2.14. The van der Waals surface area contributed by atoms with Crippen LogP contribution in [0, 0.1) is 5.82 Å². The van der Waals surface area contributed by atoms with Crippen molar-refractivity contribution in [2.45, 2.75) is 25.8 Å². The van der Waals surface area contributed by atoms with Crippen molar-refractivity contribution in [3.8, 4) is 11.5 Å². The first kappa shape index (κ1) is 21.8. The Morgan fingerprint density at radius 2 is 1.83 bits per heavy atom. The van der Waals surface area contributed by atoms with Gasteiger partial charge in [-0.2, -0.15) is 5.10 Å². The highest BCUT2D eigenvalue weighted by Gasteiger charge is 2.43. The number of carbonyl (C=O) groups is 1. The van der Waals surface area contributed by atoms with Crippen molar-refractivity contribution in [2.75, 3.05) is 10.6 Å². The Balaban J connectivity index is 1.52. The standard InChI is InChI=1S/C26H21FN8O/c1-26(2)19-21(30-16-9-12-28-13-10-16)31-23(32-22(19)33-25(26)36)20-17-7-5-11-29-24(17)35(34-20)14-15-6-3-4-8-18(15)27/h3-13H,14H2,1-2H3,(H2,28,30,31,32,33,36). The van der Waals surface area contributed by atoms with Gasteiger partial charge in [0.25, 0.3) is 0 Å². The highest BCUT2D eigenvalue weighted by Crippen LogP contribution is 2.42. The number of nitrogens with zero attached hydrogens (tertiary/aromatic N) is 6. The van der Waals surface area contributed by atoms with Crippen LogP contribution in [0.2, 0.25) is 0 Å². The normalized spacial score (nSPS) is 14.0. The average Bonchev–Trinajstić information content (AvgIpc) is 3.35.